The molecule has 0 amide bonds. The monoisotopic (exact) mass is 309 g/mol. The molecule has 1 saturated heterocycles. The predicted octanol–water partition coefficient (Wildman–Crippen LogP) is 1.89. The van der Waals surface area contributed by atoms with Crippen LogP contribution in [0.3, 0.4) is 0 Å². The zero-order chi connectivity index (χ0) is 15.0. The first kappa shape index (κ1) is 14.7. The summed E-state index contributed by atoms with van der Waals surface area (Å²) in [5, 5.41) is 0. The lowest BCUT2D eigenvalue weighted by Gasteiger charge is -2.22. The van der Waals surface area contributed by atoms with Crippen molar-refractivity contribution in [3.63, 3.8) is 0 Å². The maximum atomic E-state index is 12.4. The molecule has 0 bridgehead atoms. The van der Waals surface area contributed by atoms with Crippen LogP contribution in [0.1, 0.15) is 32.3 Å². The lowest BCUT2D eigenvalue weighted by Crippen LogP contribution is -2.42. The Morgan fingerprint density at radius 1 is 1.14 bits per heavy atom. The average Bonchev–Trinajstić information content (AvgIpc) is 3.06. The van der Waals surface area contributed by atoms with Gasteiger partial charge in [-0.2, -0.15) is 13.1 Å². The van der Waals surface area contributed by atoms with Gasteiger partial charge in [0.1, 0.15) is 0 Å². The maximum absolute atomic E-state index is 12.4. The summed E-state index contributed by atoms with van der Waals surface area (Å²) in [7, 11) is -3.43. The number of fused-ring (bicyclic) bond motifs is 1. The standard InChI is InChI=1S/C15H23N3O2S/c1-12(2)16-21(19,20)18-10-7-13-11-14(5-6-15(13)18)17-8-3-4-9-17/h5-6,11-12,16H,3-4,7-10H2,1-2H3. The molecule has 116 valence electrons. The number of nitrogens with zero attached hydrogens (tertiary/aromatic N) is 2. The minimum absolute atomic E-state index is 0.0945. The molecule has 21 heavy (non-hydrogen) atoms. The van der Waals surface area contributed by atoms with E-state index in [0.29, 0.717) is 6.54 Å². The molecule has 6 heteroatoms. The van der Waals surface area contributed by atoms with Crippen LogP contribution in [-0.2, 0) is 16.6 Å². The Morgan fingerprint density at radius 3 is 2.52 bits per heavy atom. The molecule has 1 aromatic carbocycles. The lowest BCUT2D eigenvalue weighted by atomic mass is 10.1. The highest BCUT2D eigenvalue weighted by Crippen LogP contribution is 2.34. The fourth-order valence-corrected chi connectivity index (χ4v) is 4.63. The summed E-state index contributed by atoms with van der Waals surface area (Å²) in [6.07, 6.45) is 3.28. The third kappa shape index (κ3) is 2.87. The summed E-state index contributed by atoms with van der Waals surface area (Å²) < 4.78 is 28.9. The molecule has 0 atom stereocenters. The summed E-state index contributed by atoms with van der Waals surface area (Å²) in [5.74, 6) is 0. The number of hydrogen-bond acceptors (Lipinski definition) is 3. The Labute approximate surface area is 127 Å². The van der Waals surface area contributed by atoms with E-state index in [0.717, 1.165) is 30.8 Å². The predicted molar refractivity (Wildman–Crippen MR) is 86.1 cm³/mol. The molecule has 2 aliphatic heterocycles. The molecule has 1 fully saturated rings. The SMILES string of the molecule is CC(C)NS(=O)(=O)N1CCc2cc(N3CCCC3)ccc21. The molecule has 1 N–H and O–H groups in total. The maximum Gasteiger partial charge on any atom is 0.301 e. The van der Waals surface area contributed by atoms with Crippen LogP contribution >= 0.6 is 0 Å². The van der Waals surface area contributed by atoms with Crippen molar-refractivity contribution in [1.82, 2.24) is 4.72 Å². The summed E-state index contributed by atoms with van der Waals surface area (Å²) in [5.41, 5.74) is 3.18. The molecule has 2 heterocycles. The minimum atomic E-state index is -3.43. The second-order valence-electron chi connectivity index (χ2n) is 6.11. The zero-order valence-corrected chi connectivity index (χ0v) is 13.5. The molecule has 0 radical (unpaired) electrons. The van der Waals surface area contributed by atoms with Gasteiger partial charge in [-0.25, -0.2) is 0 Å². The van der Waals surface area contributed by atoms with Crippen molar-refractivity contribution in [2.45, 2.75) is 39.2 Å². The molecule has 1 aromatic rings. The third-order valence-corrected chi connectivity index (χ3v) is 5.79. The highest BCUT2D eigenvalue weighted by Gasteiger charge is 2.30. The molecule has 0 spiro atoms. The fraction of sp³-hybridized carbons (Fsp3) is 0.600. The van der Waals surface area contributed by atoms with Crippen molar-refractivity contribution in [2.24, 2.45) is 0 Å². The molecule has 0 unspecified atom stereocenters. The van der Waals surface area contributed by atoms with E-state index < -0.39 is 10.2 Å². The Hall–Kier alpha value is -1.27. The smallest absolute Gasteiger partial charge is 0.301 e. The van der Waals surface area contributed by atoms with Gasteiger partial charge in [0.15, 0.2) is 0 Å². The van der Waals surface area contributed by atoms with Crippen LogP contribution in [0.5, 0.6) is 0 Å². The van der Waals surface area contributed by atoms with Crippen LogP contribution in [0.4, 0.5) is 11.4 Å². The molecule has 0 saturated carbocycles. The molecule has 2 aliphatic rings. The van der Waals surface area contributed by atoms with Crippen LogP contribution in [-0.4, -0.2) is 34.1 Å². The number of rotatable bonds is 4. The van der Waals surface area contributed by atoms with Gasteiger partial charge in [0.2, 0.25) is 0 Å². The number of hydrogen-bond donors (Lipinski definition) is 1. The van der Waals surface area contributed by atoms with Crippen LogP contribution in [0.25, 0.3) is 0 Å². The van der Waals surface area contributed by atoms with Crippen LogP contribution in [0.15, 0.2) is 18.2 Å². The zero-order valence-electron chi connectivity index (χ0n) is 12.7. The first-order chi connectivity index (χ1) is 9.97. The quantitative estimate of drug-likeness (QED) is 0.924. The van der Waals surface area contributed by atoms with Crippen molar-refractivity contribution in [3.8, 4) is 0 Å². The second kappa shape index (κ2) is 5.50. The second-order valence-corrected chi connectivity index (χ2v) is 7.73. The summed E-state index contributed by atoms with van der Waals surface area (Å²) in [6, 6.07) is 6.07. The van der Waals surface area contributed by atoms with Crippen molar-refractivity contribution in [2.75, 3.05) is 28.8 Å². The van der Waals surface area contributed by atoms with E-state index in [1.54, 1.807) is 0 Å². The average molecular weight is 309 g/mol. The van der Waals surface area contributed by atoms with Gasteiger partial charge < -0.3 is 4.90 Å². The van der Waals surface area contributed by atoms with E-state index in [1.807, 2.05) is 26.0 Å². The molecule has 0 aliphatic carbocycles. The largest absolute Gasteiger partial charge is 0.372 e. The highest BCUT2D eigenvalue weighted by atomic mass is 32.2. The van der Waals surface area contributed by atoms with E-state index >= 15 is 0 Å². The molecule has 0 aromatic heterocycles. The van der Waals surface area contributed by atoms with Gasteiger partial charge >= 0.3 is 10.2 Å². The van der Waals surface area contributed by atoms with Crippen LogP contribution in [0.2, 0.25) is 0 Å². The first-order valence-electron chi connectivity index (χ1n) is 7.65. The van der Waals surface area contributed by atoms with Crippen LogP contribution < -0.4 is 13.9 Å². The van der Waals surface area contributed by atoms with Gasteiger partial charge in [0.25, 0.3) is 0 Å². The Balaban J connectivity index is 1.86. The van der Waals surface area contributed by atoms with Gasteiger partial charge in [-0.3, -0.25) is 4.31 Å². The van der Waals surface area contributed by atoms with Crippen molar-refractivity contribution < 1.29 is 8.42 Å². The van der Waals surface area contributed by atoms with Crippen molar-refractivity contribution in [3.05, 3.63) is 23.8 Å². The minimum Gasteiger partial charge on any atom is -0.372 e. The number of anilines is 2. The Morgan fingerprint density at radius 2 is 1.86 bits per heavy atom. The fourth-order valence-electron chi connectivity index (χ4n) is 3.14. The van der Waals surface area contributed by atoms with Crippen molar-refractivity contribution >= 4 is 21.6 Å². The molecule has 3 rings (SSSR count). The van der Waals surface area contributed by atoms with Gasteiger partial charge in [0.05, 0.1) is 5.69 Å². The van der Waals surface area contributed by atoms with E-state index in [2.05, 4.69) is 15.7 Å². The summed E-state index contributed by atoms with van der Waals surface area (Å²) in [4.78, 5) is 2.38. The van der Waals surface area contributed by atoms with Gasteiger partial charge in [0, 0.05) is 31.4 Å². The van der Waals surface area contributed by atoms with Gasteiger partial charge in [-0.15, -0.1) is 0 Å². The Bertz CT molecular complexity index is 622. The molecule has 5 nitrogen and oxygen atoms in total. The van der Waals surface area contributed by atoms with E-state index in [-0.39, 0.29) is 6.04 Å². The molecular weight excluding hydrogens is 286 g/mol. The summed E-state index contributed by atoms with van der Waals surface area (Å²) >= 11 is 0. The topological polar surface area (TPSA) is 52.7 Å². The number of benzene rings is 1. The van der Waals surface area contributed by atoms with E-state index in [4.69, 9.17) is 0 Å². The lowest BCUT2D eigenvalue weighted by molar-refractivity contribution is 0.566. The third-order valence-electron chi connectivity index (χ3n) is 4.06. The highest BCUT2D eigenvalue weighted by molar-refractivity contribution is 7.90. The molecular formula is C15H23N3O2S. The number of nitrogens with one attached hydrogen (secondary N) is 1. The van der Waals surface area contributed by atoms with Gasteiger partial charge in [-0.05, 0) is 56.9 Å². The normalized spacial score (nSPS) is 18.6. The Kier molecular flexibility index (Phi) is 3.84. The van der Waals surface area contributed by atoms with E-state index in [9.17, 15) is 8.42 Å². The van der Waals surface area contributed by atoms with Gasteiger partial charge in [-0.1, -0.05) is 0 Å². The first-order valence-corrected chi connectivity index (χ1v) is 9.09. The van der Waals surface area contributed by atoms with Crippen molar-refractivity contribution in [1.29, 1.82) is 0 Å². The van der Waals surface area contributed by atoms with E-state index in [1.165, 1.54) is 22.8 Å². The summed E-state index contributed by atoms with van der Waals surface area (Å²) in [6.45, 7) is 6.42. The van der Waals surface area contributed by atoms with Crippen LogP contribution in [0, 0.1) is 0 Å².